The van der Waals surface area contributed by atoms with Crippen molar-refractivity contribution in [1.82, 2.24) is 0 Å². The molecule has 2 nitrogen and oxygen atoms in total. The van der Waals surface area contributed by atoms with Crippen LogP contribution in [0.5, 0.6) is 5.75 Å². The lowest BCUT2D eigenvalue weighted by molar-refractivity contribution is 0.401. The van der Waals surface area contributed by atoms with E-state index < -0.39 is 0 Å². The first-order chi connectivity index (χ1) is 8.10. The third kappa shape index (κ3) is 3.90. The zero-order chi connectivity index (χ0) is 12.8. The summed E-state index contributed by atoms with van der Waals surface area (Å²) in [6.45, 7) is 5.00. The lowest BCUT2D eigenvalue weighted by Crippen LogP contribution is -2.02. The summed E-state index contributed by atoms with van der Waals surface area (Å²) in [5, 5.41) is 0.781. The molecule has 1 atom stereocenters. The molecule has 0 saturated heterocycles. The van der Waals surface area contributed by atoms with Crippen LogP contribution in [0.4, 0.5) is 0 Å². The molecule has 0 aromatic heterocycles. The molecule has 0 saturated carbocycles. The van der Waals surface area contributed by atoms with Gasteiger partial charge >= 0.3 is 0 Å². The molecule has 1 aromatic carbocycles. The predicted molar refractivity (Wildman–Crippen MR) is 74.1 cm³/mol. The number of methoxy groups -OCH3 is 1. The van der Waals surface area contributed by atoms with Crippen molar-refractivity contribution >= 4 is 11.6 Å². The molecule has 0 aliphatic rings. The van der Waals surface area contributed by atoms with Gasteiger partial charge in [0.2, 0.25) is 0 Å². The zero-order valence-corrected chi connectivity index (χ0v) is 11.7. The van der Waals surface area contributed by atoms with E-state index in [1.54, 1.807) is 7.11 Å². The van der Waals surface area contributed by atoms with Gasteiger partial charge in [-0.1, -0.05) is 24.9 Å². The quantitative estimate of drug-likeness (QED) is 0.783. The van der Waals surface area contributed by atoms with Gasteiger partial charge in [-0.2, -0.15) is 0 Å². The molecule has 2 N–H and O–H groups in total. The van der Waals surface area contributed by atoms with E-state index in [1.807, 2.05) is 19.1 Å². The van der Waals surface area contributed by atoms with E-state index in [9.17, 15) is 0 Å². The van der Waals surface area contributed by atoms with Crippen LogP contribution in [0, 0.1) is 6.92 Å². The van der Waals surface area contributed by atoms with E-state index in [0.29, 0.717) is 5.92 Å². The summed E-state index contributed by atoms with van der Waals surface area (Å²) in [4.78, 5) is 0. The molecular formula is C14H22ClNO. The fourth-order valence-corrected chi connectivity index (χ4v) is 2.43. The maximum absolute atomic E-state index is 6.11. The third-order valence-corrected chi connectivity index (χ3v) is 3.31. The summed E-state index contributed by atoms with van der Waals surface area (Å²) < 4.78 is 5.48. The predicted octanol–water partition coefficient (Wildman–Crippen LogP) is 3.89. The standard InChI is InChI=1S/C14H22ClNO/c1-10(6-4-5-7-16)13-9-12(15)8-11(2)14(13)17-3/h8-10H,4-7,16H2,1-3H3. The maximum Gasteiger partial charge on any atom is 0.125 e. The molecule has 0 heterocycles. The van der Waals surface area contributed by atoms with Crippen molar-refractivity contribution in [1.29, 1.82) is 0 Å². The minimum atomic E-state index is 0.453. The fourth-order valence-electron chi connectivity index (χ4n) is 2.15. The number of benzene rings is 1. The lowest BCUT2D eigenvalue weighted by atomic mass is 9.93. The Morgan fingerprint density at radius 1 is 1.35 bits per heavy atom. The van der Waals surface area contributed by atoms with E-state index in [2.05, 4.69) is 6.92 Å². The second-order valence-electron chi connectivity index (χ2n) is 4.53. The molecule has 1 aromatic rings. The topological polar surface area (TPSA) is 35.2 Å². The molecule has 0 aliphatic carbocycles. The average Bonchev–Trinajstić information content (AvgIpc) is 2.28. The zero-order valence-electron chi connectivity index (χ0n) is 10.9. The Labute approximate surface area is 109 Å². The molecule has 0 radical (unpaired) electrons. The Hall–Kier alpha value is -0.730. The normalized spacial score (nSPS) is 12.5. The van der Waals surface area contributed by atoms with E-state index in [1.165, 1.54) is 5.56 Å². The van der Waals surface area contributed by atoms with Gasteiger partial charge in [0.05, 0.1) is 7.11 Å². The largest absolute Gasteiger partial charge is 0.496 e. The van der Waals surface area contributed by atoms with Crippen LogP contribution >= 0.6 is 11.6 Å². The Morgan fingerprint density at radius 3 is 2.65 bits per heavy atom. The fraction of sp³-hybridized carbons (Fsp3) is 0.571. The van der Waals surface area contributed by atoms with Gasteiger partial charge < -0.3 is 10.5 Å². The van der Waals surface area contributed by atoms with E-state index >= 15 is 0 Å². The van der Waals surface area contributed by atoms with Crippen LogP contribution in [-0.2, 0) is 0 Å². The smallest absolute Gasteiger partial charge is 0.125 e. The average molecular weight is 256 g/mol. The summed E-state index contributed by atoms with van der Waals surface area (Å²) >= 11 is 6.11. The van der Waals surface area contributed by atoms with Gasteiger partial charge in [0.25, 0.3) is 0 Å². The lowest BCUT2D eigenvalue weighted by Gasteiger charge is -2.18. The van der Waals surface area contributed by atoms with Crippen molar-refractivity contribution in [3.8, 4) is 5.75 Å². The Kier molecular flexibility index (Phi) is 5.79. The number of nitrogens with two attached hydrogens (primary N) is 1. The molecule has 0 amide bonds. The minimum Gasteiger partial charge on any atom is -0.496 e. The molecule has 0 fully saturated rings. The third-order valence-electron chi connectivity index (χ3n) is 3.09. The van der Waals surface area contributed by atoms with Crippen LogP contribution in [0.25, 0.3) is 0 Å². The first kappa shape index (κ1) is 14.3. The summed E-state index contributed by atoms with van der Waals surface area (Å²) in [5.41, 5.74) is 7.81. The molecule has 0 aliphatic heterocycles. The van der Waals surface area contributed by atoms with Gasteiger partial charge in [0.15, 0.2) is 0 Å². The SMILES string of the molecule is COc1c(C)cc(Cl)cc1C(C)CCCCN. The van der Waals surface area contributed by atoms with Crippen LogP contribution in [0.15, 0.2) is 12.1 Å². The number of ether oxygens (including phenoxy) is 1. The second-order valence-corrected chi connectivity index (χ2v) is 4.97. The van der Waals surface area contributed by atoms with Crippen molar-refractivity contribution < 1.29 is 4.74 Å². The molecule has 0 spiro atoms. The van der Waals surface area contributed by atoms with Crippen LogP contribution in [0.3, 0.4) is 0 Å². The Bertz CT molecular complexity index is 365. The van der Waals surface area contributed by atoms with Crippen molar-refractivity contribution in [2.45, 2.75) is 39.0 Å². The van der Waals surface area contributed by atoms with Gasteiger partial charge in [-0.15, -0.1) is 0 Å². The number of hydrogen-bond donors (Lipinski definition) is 1. The summed E-state index contributed by atoms with van der Waals surface area (Å²) in [6, 6.07) is 3.96. The number of unbranched alkanes of at least 4 members (excludes halogenated alkanes) is 1. The van der Waals surface area contributed by atoms with Gasteiger partial charge in [0.1, 0.15) is 5.75 Å². The molecule has 0 bridgehead atoms. The van der Waals surface area contributed by atoms with Crippen LogP contribution in [-0.4, -0.2) is 13.7 Å². The van der Waals surface area contributed by atoms with Crippen molar-refractivity contribution in [2.75, 3.05) is 13.7 Å². The first-order valence-electron chi connectivity index (χ1n) is 6.14. The van der Waals surface area contributed by atoms with Crippen LogP contribution in [0.1, 0.15) is 43.2 Å². The van der Waals surface area contributed by atoms with Crippen LogP contribution < -0.4 is 10.5 Å². The molecule has 17 heavy (non-hydrogen) atoms. The maximum atomic E-state index is 6.11. The number of rotatable bonds is 6. The highest BCUT2D eigenvalue weighted by atomic mass is 35.5. The van der Waals surface area contributed by atoms with Gasteiger partial charge in [-0.25, -0.2) is 0 Å². The van der Waals surface area contributed by atoms with Crippen molar-refractivity contribution in [2.24, 2.45) is 5.73 Å². The monoisotopic (exact) mass is 255 g/mol. The highest BCUT2D eigenvalue weighted by Crippen LogP contribution is 2.35. The van der Waals surface area contributed by atoms with Gasteiger partial charge in [0, 0.05) is 5.02 Å². The summed E-state index contributed by atoms with van der Waals surface area (Å²) in [7, 11) is 1.71. The highest BCUT2D eigenvalue weighted by Gasteiger charge is 2.14. The van der Waals surface area contributed by atoms with E-state index in [4.69, 9.17) is 22.1 Å². The van der Waals surface area contributed by atoms with Crippen LogP contribution in [0.2, 0.25) is 5.02 Å². The highest BCUT2D eigenvalue weighted by molar-refractivity contribution is 6.30. The summed E-state index contributed by atoms with van der Waals surface area (Å²) in [6.07, 6.45) is 3.34. The molecular weight excluding hydrogens is 234 g/mol. The second kappa shape index (κ2) is 6.87. The number of hydrogen-bond acceptors (Lipinski definition) is 2. The molecule has 1 rings (SSSR count). The number of halogens is 1. The molecule has 1 unspecified atom stereocenters. The summed E-state index contributed by atoms with van der Waals surface area (Å²) in [5.74, 6) is 1.42. The van der Waals surface area contributed by atoms with Crippen molar-refractivity contribution in [3.63, 3.8) is 0 Å². The van der Waals surface area contributed by atoms with E-state index in [0.717, 1.165) is 42.1 Å². The van der Waals surface area contributed by atoms with Gasteiger partial charge in [-0.05, 0) is 55.5 Å². The molecule has 3 heteroatoms. The minimum absolute atomic E-state index is 0.453. The Balaban J connectivity index is 2.87. The first-order valence-corrected chi connectivity index (χ1v) is 6.52. The Morgan fingerprint density at radius 2 is 2.06 bits per heavy atom. The molecule has 96 valence electrons. The number of aryl methyl sites for hydroxylation is 1. The van der Waals surface area contributed by atoms with Gasteiger partial charge in [-0.3, -0.25) is 0 Å². The van der Waals surface area contributed by atoms with Crippen molar-refractivity contribution in [3.05, 3.63) is 28.3 Å². The van der Waals surface area contributed by atoms with E-state index in [-0.39, 0.29) is 0 Å².